The van der Waals surface area contributed by atoms with Crippen molar-refractivity contribution in [2.24, 2.45) is 0 Å². The first kappa shape index (κ1) is 16.8. The van der Waals surface area contributed by atoms with E-state index < -0.39 is 11.9 Å². The van der Waals surface area contributed by atoms with Crippen LogP contribution in [0, 0.1) is 6.92 Å². The number of rotatable bonds is 5. The van der Waals surface area contributed by atoms with Crippen molar-refractivity contribution in [3.8, 4) is 11.3 Å². The molecule has 0 spiro atoms. The molecule has 3 rings (SSSR count). The average molecular weight is 357 g/mol. The molecule has 128 valence electrons. The van der Waals surface area contributed by atoms with Gasteiger partial charge in [0.15, 0.2) is 5.13 Å². The summed E-state index contributed by atoms with van der Waals surface area (Å²) in [5.41, 5.74) is 1.83. The van der Waals surface area contributed by atoms with E-state index in [2.05, 4.69) is 15.5 Å². The Morgan fingerprint density at radius 1 is 1.28 bits per heavy atom. The van der Waals surface area contributed by atoms with Crippen molar-refractivity contribution in [1.82, 2.24) is 10.1 Å². The molecule has 3 aromatic rings. The van der Waals surface area contributed by atoms with Gasteiger partial charge >= 0.3 is 5.97 Å². The Morgan fingerprint density at radius 3 is 2.68 bits per heavy atom. The van der Waals surface area contributed by atoms with Crippen LogP contribution in [0.25, 0.3) is 11.3 Å². The van der Waals surface area contributed by atoms with Gasteiger partial charge in [-0.1, -0.05) is 46.8 Å². The molecule has 1 amide bonds. The van der Waals surface area contributed by atoms with Crippen LogP contribution >= 0.6 is 11.3 Å². The van der Waals surface area contributed by atoms with Crippen molar-refractivity contribution >= 4 is 28.3 Å². The van der Waals surface area contributed by atoms with Crippen LogP contribution in [0.15, 0.2) is 40.9 Å². The molecule has 0 unspecified atom stereocenters. The number of anilines is 1. The van der Waals surface area contributed by atoms with Crippen LogP contribution in [0.5, 0.6) is 0 Å². The number of hydrogen-bond donors (Lipinski definition) is 1. The number of ether oxygens (including phenoxy) is 1. The Balaban J connectivity index is 1.93. The summed E-state index contributed by atoms with van der Waals surface area (Å²) in [6.45, 7) is 3.70. The smallest absolute Gasteiger partial charge is 0.350 e. The minimum absolute atomic E-state index is 0.0756. The van der Waals surface area contributed by atoms with E-state index >= 15 is 0 Å². The molecule has 25 heavy (non-hydrogen) atoms. The van der Waals surface area contributed by atoms with E-state index in [0.29, 0.717) is 16.3 Å². The van der Waals surface area contributed by atoms with E-state index in [9.17, 15) is 9.59 Å². The molecule has 0 atom stereocenters. The number of carbonyl (C=O) groups excluding carboxylic acids is 2. The van der Waals surface area contributed by atoms with Crippen molar-refractivity contribution in [2.75, 3.05) is 11.9 Å². The molecule has 2 heterocycles. The van der Waals surface area contributed by atoms with Crippen LogP contribution in [-0.2, 0) is 4.74 Å². The molecule has 0 fully saturated rings. The summed E-state index contributed by atoms with van der Waals surface area (Å²) in [5.74, 6) is -0.883. The van der Waals surface area contributed by atoms with Crippen molar-refractivity contribution in [1.29, 1.82) is 0 Å². The van der Waals surface area contributed by atoms with E-state index in [1.54, 1.807) is 13.8 Å². The van der Waals surface area contributed by atoms with Gasteiger partial charge in [-0.15, -0.1) is 0 Å². The van der Waals surface area contributed by atoms with Crippen molar-refractivity contribution in [2.45, 2.75) is 13.8 Å². The Bertz CT molecular complexity index is 902. The molecule has 0 saturated heterocycles. The first-order valence-corrected chi connectivity index (χ1v) is 8.38. The fourth-order valence-electron chi connectivity index (χ4n) is 2.13. The van der Waals surface area contributed by atoms with Gasteiger partial charge in [0.2, 0.25) is 5.76 Å². The van der Waals surface area contributed by atoms with Crippen LogP contribution in [0.1, 0.15) is 32.8 Å². The number of thiazole rings is 1. The Morgan fingerprint density at radius 2 is 2.04 bits per heavy atom. The maximum Gasteiger partial charge on any atom is 0.350 e. The zero-order valence-electron chi connectivity index (χ0n) is 13.6. The first-order chi connectivity index (χ1) is 12.1. The minimum Gasteiger partial charge on any atom is -0.462 e. The summed E-state index contributed by atoms with van der Waals surface area (Å²) in [7, 11) is 0. The molecule has 8 heteroatoms. The summed E-state index contributed by atoms with van der Waals surface area (Å²) in [4.78, 5) is 29.1. The van der Waals surface area contributed by atoms with Crippen molar-refractivity contribution in [3.63, 3.8) is 0 Å². The van der Waals surface area contributed by atoms with Crippen LogP contribution < -0.4 is 5.32 Å². The van der Waals surface area contributed by atoms with Gasteiger partial charge in [0.25, 0.3) is 5.91 Å². The SMILES string of the molecule is CCOC(=O)c1sc(NC(=O)c2cc(C)no2)nc1-c1ccccc1. The second-order valence-electron chi connectivity index (χ2n) is 5.07. The molecule has 1 N–H and O–H groups in total. The maximum atomic E-state index is 12.2. The summed E-state index contributed by atoms with van der Waals surface area (Å²) in [5, 5.41) is 6.58. The highest BCUT2D eigenvalue weighted by molar-refractivity contribution is 7.18. The highest BCUT2D eigenvalue weighted by atomic mass is 32.1. The highest BCUT2D eigenvalue weighted by Gasteiger charge is 2.22. The summed E-state index contributed by atoms with van der Waals surface area (Å²) < 4.78 is 10.0. The topological polar surface area (TPSA) is 94.3 Å². The number of aromatic nitrogens is 2. The molecule has 0 aliphatic carbocycles. The lowest BCUT2D eigenvalue weighted by Crippen LogP contribution is -2.10. The van der Waals surface area contributed by atoms with Crippen LogP contribution in [0.2, 0.25) is 0 Å². The van der Waals surface area contributed by atoms with E-state index in [4.69, 9.17) is 9.26 Å². The number of nitrogens with zero attached hydrogens (tertiary/aromatic N) is 2. The fraction of sp³-hybridized carbons (Fsp3) is 0.176. The molecule has 0 bridgehead atoms. The Labute approximate surface area is 147 Å². The predicted molar refractivity (Wildman–Crippen MR) is 92.7 cm³/mol. The third kappa shape index (κ3) is 3.74. The molecular formula is C17H15N3O4S. The van der Waals surface area contributed by atoms with Gasteiger partial charge in [-0.3, -0.25) is 10.1 Å². The van der Waals surface area contributed by atoms with Gasteiger partial charge in [-0.25, -0.2) is 9.78 Å². The van der Waals surface area contributed by atoms with E-state index in [-0.39, 0.29) is 17.5 Å². The summed E-state index contributed by atoms with van der Waals surface area (Å²) in [6.07, 6.45) is 0. The third-order valence-electron chi connectivity index (χ3n) is 3.21. The van der Waals surface area contributed by atoms with Gasteiger partial charge in [0.1, 0.15) is 4.88 Å². The van der Waals surface area contributed by atoms with Crippen LogP contribution in [0.4, 0.5) is 5.13 Å². The Kier molecular flexibility index (Phi) is 4.90. The second kappa shape index (κ2) is 7.27. The van der Waals surface area contributed by atoms with Crippen molar-refractivity contribution in [3.05, 3.63) is 52.7 Å². The van der Waals surface area contributed by atoms with Gasteiger partial charge < -0.3 is 9.26 Å². The summed E-state index contributed by atoms with van der Waals surface area (Å²) >= 11 is 1.05. The van der Waals surface area contributed by atoms with E-state index in [1.807, 2.05) is 30.3 Å². The predicted octanol–water partition coefficient (Wildman–Crippen LogP) is 3.54. The molecule has 0 aliphatic rings. The van der Waals surface area contributed by atoms with Crippen LogP contribution in [-0.4, -0.2) is 28.6 Å². The molecule has 2 aromatic heterocycles. The lowest BCUT2D eigenvalue weighted by atomic mass is 10.1. The quantitative estimate of drug-likeness (QED) is 0.702. The maximum absolute atomic E-state index is 12.2. The number of esters is 1. The van der Waals surface area contributed by atoms with Gasteiger partial charge in [-0.05, 0) is 13.8 Å². The first-order valence-electron chi connectivity index (χ1n) is 7.56. The highest BCUT2D eigenvalue weighted by Crippen LogP contribution is 2.32. The molecule has 0 aliphatic heterocycles. The second-order valence-corrected chi connectivity index (χ2v) is 6.07. The van der Waals surface area contributed by atoms with E-state index in [1.165, 1.54) is 6.07 Å². The van der Waals surface area contributed by atoms with Crippen LogP contribution in [0.3, 0.4) is 0 Å². The number of aryl methyl sites for hydroxylation is 1. The number of carbonyl (C=O) groups is 2. The Hall–Kier alpha value is -3.00. The van der Waals surface area contributed by atoms with Crippen molar-refractivity contribution < 1.29 is 18.8 Å². The largest absolute Gasteiger partial charge is 0.462 e. The lowest BCUT2D eigenvalue weighted by Gasteiger charge is -2.01. The molecule has 0 radical (unpaired) electrons. The molecule has 7 nitrogen and oxygen atoms in total. The fourth-order valence-corrected chi connectivity index (χ4v) is 3.01. The number of nitrogens with one attached hydrogen (secondary N) is 1. The zero-order valence-corrected chi connectivity index (χ0v) is 14.4. The monoisotopic (exact) mass is 357 g/mol. The minimum atomic E-state index is -0.482. The number of amides is 1. The number of hydrogen-bond acceptors (Lipinski definition) is 7. The average Bonchev–Trinajstić information content (AvgIpc) is 3.22. The number of benzene rings is 1. The third-order valence-corrected chi connectivity index (χ3v) is 4.16. The van der Waals surface area contributed by atoms with Gasteiger partial charge in [0, 0.05) is 11.6 Å². The van der Waals surface area contributed by atoms with E-state index in [0.717, 1.165) is 16.9 Å². The molecular weight excluding hydrogens is 342 g/mol. The van der Waals surface area contributed by atoms with Gasteiger partial charge in [-0.2, -0.15) is 0 Å². The normalized spacial score (nSPS) is 10.5. The standard InChI is InChI=1S/C17H15N3O4S/c1-3-23-16(22)14-13(11-7-5-4-6-8-11)18-17(25-14)19-15(21)12-9-10(2)20-24-12/h4-9H,3H2,1-2H3,(H,18,19,21). The van der Waals surface area contributed by atoms with Gasteiger partial charge in [0.05, 0.1) is 18.0 Å². The molecule has 0 saturated carbocycles. The lowest BCUT2D eigenvalue weighted by molar-refractivity contribution is 0.0532. The summed E-state index contributed by atoms with van der Waals surface area (Å²) in [6, 6.07) is 10.8. The molecule has 1 aromatic carbocycles. The zero-order chi connectivity index (χ0) is 17.8.